The van der Waals surface area contributed by atoms with Gasteiger partial charge in [-0.05, 0) is 42.5 Å². The Hall–Kier alpha value is -3.07. The number of aromatic nitrogens is 1. The quantitative estimate of drug-likeness (QED) is 0.595. The first-order valence-electron chi connectivity index (χ1n) is 8.77. The van der Waals surface area contributed by atoms with Gasteiger partial charge in [0.25, 0.3) is 5.91 Å². The molecular weight excluding hydrogens is 349 g/mol. The van der Waals surface area contributed by atoms with E-state index in [1.165, 1.54) is 6.07 Å². The van der Waals surface area contributed by atoms with Gasteiger partial charge in [0.1, 0.15) is 17.3 Å². The molecule has 0 spiro atoms. The number of pyridine rings is 1. The van der Waals surface area contributed by atoms with Gasteiger partial charge >= 0.3 is 13.1 Å². The molecule has 1 amide bonds. The van der Waals surface area contributed by atoms with E-state index in [2.05, 4.69) is 15.6 Å². The van der Waals surface area contributed by atoms with Gasteiger partial charge in [-0.15, -0.1) is 0 Å². The number of amides is 1. The maximum Gasteiger partial charge on any atom is 0.547 e. The number of aryl methyl sites for hydroxylation is 1. The molecule has 138 valence electrons. The topological polar surface area (TPSA) is 121 Å². The molecule has 0 saturated heterocycles. The fourth-order valence-corrected chi connectivity index (χ4v) is 3.41. The molecule has 0 radical (unpaired) electrons. The Morgan fingerprint density at radius 1 is 1.26 bits per heavy atom. The van der Waals surface area contributed by atoms with E-state index in [0.29, 0.717) is 11.4 Å². The molecule has 0 aliphatic carbocycles. The minimum atomic E-state index is -1.35. The minimum absolute atomic E-state index is 0.0150. The number of hydrogen-bond acceptors (Lipinski definition) is 6. The first-order valence-corrected chi connectivity index (χ1v) is 8.77. The predicted molar refractivity (Wildman–Crippen MR) is 98.0 cm³/mol. The van der Waals surface area contributed by atoms with Gasteiger partial charge < -0.3 is 25.4 Å². The Labute approximate surface area is 155 Å². The van der Waals surface area contributed by atoms with Crippen molar-refractivity contribution in [1.29, 1.82) is 0 Å². The standard InChI is InChI=1S/C18H18BN3O5/c23-17(13-7-6-10-4-2-8-20-16(10)21-13)22-14-9-11-3-1-5-12(18(24)25)15(11)27-19(14)26/h1,3,5-7,14,26H,2,4,8-9H2,(H,20,21)(H,22,23)(H,24,25)/t14-/m0/s1. The number of para-hydroxylation sites is 1. The first-order chi connectivity index (χ1) is 13.0. The van der Waals surface area contributed by atoms with Gasteiger partial charge in [-0.1, -0.05) is 18.2 Å². The van der Waals surface area contributed by atoms with E-state index in [1.54, 1.807) is 18.2 Å². The van der Waals surface area contributed by atoms with Gasteiger partial charge in [0, 0.05) is 6.54 Å². The Kier molecular flexibility index (Phi) is 4.45. The predicted octanol–water partition coefficient (Wildman–Crippen LogP) is 0.891. The normalized spacial score (nSPS) is 17.8. The molecule has 4 rings (SSSR count). The van der Waals surface area contributed by atoms with Gasteiger partial charge in [0.05, 0.1) is 11.5 Å². The van der Waals surface area contributed by atoms with E-state index in [4.69, 9.17) is 4.65 Å². The van der Waals surface area contributed by atoms with E-state index in [-0.39, 0.29) is 23.4 Å². The molecule has 1 atom stereocenters. The molecule has 0 unspecified atom stereocenters. The smallest absolute Gasteiger partial charge is 0.534 e. The second kappa shape index (κ2) is 6.92. The molecule has 2 aromatic rings. The highest BCUT2D eigenvalue weighted by atomic mass is 16.5. The molecule has 1 aromatic carbocycles. The lowest BCUT2D eigenvalue weighted by Crippen LogP contribution is -2.53. The number of carbonyl (C=O) groups is 2. The van der Waals surface area contributed by atoms with Crippen LogP contribution >= 0.6 is 0 Å². The lowest BCUT2D eigenvalue weighted by Gasteiger charge is -2.28. The number of nitrogens with zero attached hydrogens (tertiary/aromatic N) is 1. The molecule has 2 aliphatic rings. The van der Waals surface area contributed by atoms with Crippen LogP contribution in [0.15, 0.2) is 30.3 Å². The van der Waals surface area contributed by atoms with Crippen molar-refractivity contribution in [2.24, 2.45) is 0 Å². The number of carboxylic acids is 1. The van der Waals surface area contributed by atoms with Crippen molar-refractivity contribution in [3.63, 3.8) is 0 Å². The second-order valence-corrected chi connectivity index (χ2v) is 6.63. The van der Waals surface area contributed by atoms with Crippen molar-refractivity contribution in [2.75, 3.05) is 11.9 Å². The summed E-state index contributed by atoms with van der Waals surface area (Å²) in [5.41, 5.74) is 1.93. The minimum Gasteiger partial charge on any atom is -0.534 e. The molecule has 3 heterocycles. The zero-order valence-electron chi connectivity index (χ0n) is 14.4. The number of benzene rings is 1. The first kappa shape index (κ1) is 17.4. The second-order valence-electron chi connectivity index (χ2n) is 6.63. The molecule has 0 bridgehead atoms. The largest absolute Gasteiger partial charge is 0.547 e. The van der Waals surface area contributed by atoms with Crippen molar-refractivity contribution in [1.82, 2.24) is 10.3 Å². The van der Waals surface area contributed by atoms with Crippen LogP contribution in [0.4, 0.5) is 5.82 Å². The van der Waals surface area contributed by atoms with Gasteiger partial charge in [0.2, 0.25) is 0 Å². The number of aromatic carboxylic acids is 1. The number of rotatable bonds is 3. The summed E-state index contributed by atoms with van der Waals surface area (Å²) in [6, 6.07) is 8.28. The van der Waals surface area contributed by atoms with Gasteiger partial charge in [-0.3, -0.25) is 4.79 Å². The molecule has 27 heavy (non-hydrogen) atoms. The van der Waals surface area contributed by atoms with Crippen molar-refractivity contribution in [3.8, 4) is 5.75 Å². The summed E-state index contributed by atoms with van der Waals surface area (Å²) in [5.74, 6) is -1.41. The molecule has 9 heteroatoms. The van der Waals surface area contributed by atoms with E-state index >= 15 is 0 Å². The number of fused-ring (bicyclic) bond motifs is 2. The summed E-state index contributed by atoms with van der Waals surface area (Å²) in [4.78, 5) is 28.2. The fourth-order valence-electron chi connectivity index (χ4n) is 3.41. The van der Waals surface area contributed by atoms with Gasteiger partial charge in [-0.2, -0.15) is 0 Å². The fraction of sp³-hybridized carbons (Fsp3) is 0.278. The Bertz CT molecular complexity index is 920. The van der Waals surface area contributed by atoms with E-state index in [1.807, 2.05) is 6.07 Å². The maximum absolute atomic E-state index is 12.6. The molecule has 4 N–H and O–H groups in total. The van der Waals surface area contributed by atoms with Crippen LogP contribution in [0, 0.1) is 0 Å². The van der Waals surface area contributed by atoms with Crippen molar-refractivity contribution in [3.05, 3.63) is 52.7 Å². The number of nitrogens with one attached hydrogen (secondary N) is 2. The van der Waals surface area contributed by atoms with E-state index in [9.17, 15) is 19.7 Å². The highest BCUT2D eigenvalue weighted by molar-refractivity contribution is 6.47. The number of hydrogen-bond donors (Lipinski definition) is 4. The van der Waals surface area contributed by atoms with Crippen molar-refractivity contribution < 1.29 is 24.4 Å². The molecule has 2 aliphatic heterocycles. The van der Waals surface area contributed by atoms with Crippen LogP contribution in [0.1, 0.15) is 38.4 Å². The summed E-state index contributed by atoms with van der Waals surface area (Å²) >= 11 is 0. The lowest BCUT2D eigenvalue weighted by molar-refractivity contribution is 0.0693. The molecule has 0 saturated carbocycles. The van der Waals surface area contributed by atoms with Crippen LogP contribution in [0.25, 0.3) is 0 Å². The Morgan fingerprint density at radius 3 is 2.93 bits per heavy atom. The summed E-state index contributed by atoms with van der Waals surface area (Å²) in [7, 11) is -1.35. The van der Waals surface area contributed by atoms with Gasteiger partial charge in [-0.25, -0.2) is 9.78 Å². The zero-order chi connectivity index (χ0) is 19.0. The van der Waals surface area contributed by atoms with Crippen LogP contribution in [-0.4, -0.2) is 46.6 Å². The summed E-state index contributed by atoms with van der Waals surface area (Å²) in [5, 5.41) is 25.4. The van der Waals surface area contributed by atoms with Crippen LogP contribution in [0.2, 0.25) is 0 Å². The molecule has 0 fully saturated rings. The van der Waals surface area contributed by atoms with E-state index in [0.717, 1.165) is 24.9 Å². The van der Waals surface area contributed by atoms with Crippen LogP contribution < -0.4 is 15.3 Å². The number of carboxylic acid groups (broad SMARTS) is 1. The molecular formula is C18H18BN3O5. The summed E-state index contributed by atoms with van der Waals surface area (Å²) < 4.78 is 5.39. The third-order valence-corrected chi connectivity index (χ3v) is 4.79. The number of anilines is 1. The van der Waals surface area contributed by atoms with Crippen LogP contribution in [-0.2, 0) is 12.8 Å². The molecule has 8 nitrogen and oxygen atoms in total. The third-order valence-electron chi connectivity index (χ3n) is 4.79. The third kappa shape index (κ3) is 3.33. The average molecular weight is 367 g/mol. The highest BCUT2D eigenvalue weighted by Crippen LogP contribution is 2.30. The number of carbonyl (C=O) groups excluding carboxylic acids is 1. The van der Waals surface area contributed by atoms with E-state index < -0.39 is 24.9 Å². The lowest BCUT2D eigenvalue weighted by atomic mass is 9.72. The highest BCUT2D eigenvalue weighted by Gasteiger charge is 2.38. The van der Waals surface area contributed by atoms with Crippen molar-refractivity contribution >= 4 is 24.8 Å². The van der Waals surface area contributed by atoms with Crippen LogP contribution in [0.5, 0.6) is 5.75 Å². The molecule has 1 aromatic heterocycles. The van der Waals surface area contributed by atoms with Crippen molar-refractivity contribution in [2.45, 2.75) is 25.2 Å². The average Bonchev–Trinajstić information content (AvgIpc) is 2.67. The Balaban J connectivity index is 1.52. The monoisotopic (exact) mass is 367 g/mol. The SMILES string of the molecule is O=C(N[C@H]1Cc2cccc(C(=O)O)c2OB1O)c1ccc2c(n1)NCCC2. The maximum atomic E-state index is 12.6. The zero-order valence-corrected chi connectivity index (χ0v) is 14.4. The Morgan fingerprint density at radius 2 is 2.11 bits per heavy atom. The van der Waals surface area contributed by atoms with Gasteiger partial charge in [0.15, 0.2) is 0 Å². The van der Waals surface area contributed by atoms with Crippen LogP contribution in [0.3, 0.4) is 0 Å². The summed E-state index contributed by atoms with van der Waals surface area (Å²) in [6.45, 7) is 0.822. The summed E-state index contributed by atoms with van der Waals surface area (Å²) in [6.07, 6.45) is 2.21.